The number of hydrogen-bond donors (Lipinski definition) is 1. The zero-order valence-corrected chi connectivity index (χ0v) is 15.0. The molecule has 0 unspecified atom stereocenters. The summed E-state index contributed by atoms with van der Waals surface area (Å²) in [5.74, 6) is 0.761. The standard InChI is InChI=1S/C20H24ClN3O/c21-19-10-8-16(12-23-19)25-20-17-6-2-1-4-14(17)7-9-18(20)24-11-3-5-15(22)13-24/h1-2,4,6,8,10,12,15,18,20H,3,5,7,9,11,13,22H2/t15-,18-,20-/m0/s1. The Hall–Kier alpha value is -1.62. The second kappa shape index (κ2) is 7.32. The molecule has 0 spiro atoms. The van der Waals surface area contributed by atoms with Crippen LogP contribution < -0.4 is 10.5 Å². The van der Waals surface area contributed by atoms with E-state index in [1.807, 2.05) is 6.07 Å². The lowest BCUT2D eigenvalue weighted by molar-refractivity contribution is 0.0365. The summed E-state index contributed by atoms with van der Waals surface area (Å²) in [6.07, 6.45) is 6.17. The number of piperidine rings is 1. The molecule has 0 saturated carbocycles. The van der Waals surface area contributed by atoms with Crippen molar-refractivity contribution in [1.82, 2.24) is 9.88 Å². The normalized spacial score (nSPS) is 26.9. The summed E-state index contributed by atoms with van der Waals surface area (Å²) in [6.45, 7) is 2.05. The van der Waals surface area contributed by atoms with Crippen molar-refractivity contribution in [3.63, 3.8) is 0 Å². The van der Waals surface area contributed by atoms with Crippen LogP contribution >= 0.6 is 11.6 Å². The molecule has 1 aliphatic carbocycles. The monoisotopic (exact) mass is 357 g/mol. The summed E-state index contributed by atoms with van der Waals surface area (Å²) in [5, 5.41) is 0.481. The number of pyridine rings is 1. The first-order valence-corrected chi connectivity index (χ1v) is 9.44. The van der Waals surface area contributed by atoms with E-state index in [0.717, 1.165) is 44.5 Å². The first-order chi connectivity index (χ1) is 12.2. The van der Waals surface area contributed by atoms with E-state index in [2.05, 4.69) is 34.1 Å². The van der Waals surface area contributed by atoms with Crippen molar-refractivity contribution in [1.29, 1.82) is 0 Å². The van der Waals surface area contributed by atoms with Crippen LogP contribution in [0, 0.1) is 0 Å². The van der Waals surface area contributed by atoms with Gasteiger partial charge in [0.25, 0.3) is 0 Å². The predicted octanol–water partition coefficient (Wildman–Crippen LogP) is 3.59. The lowest BCUT2D eigenvalue weighted by Gasteiger charge is -2.43. The summed E-state index contributed by atoms with van der Waals surface area (Å²) >= 11 is 5.91. The van der Waals surface area contributed by atoms with Crippen LogP contribution in [-0.2, 0) is 6.42 Å². The molecule has 3 atom stereocenters. The molecular weight excluding hydrogens is 334 g/mol. The van der Waals surface area contributed by atoms with Gasteiger partial charge in [-0.1, -0.05) is 35.9 Å². The molecule has 1 saturated heterocycles. The minimum atomic E-state index is -0.00164. The average molecular weight is 358 g/mol. The van der Waals surface area contributed by atoms with E-state index >= 15 is 0 Å². The molecule has 1 aliphatic heterocycles. The van der Waals surface area contributed by atoms with E-state index in [1.165, 1.54) is 11.1 Å². The number of nitrogens with two attached hydrogens (primary N) is 1. The number of fused-ring (bicyclic) bond motifs is 1. The Bertz CT molecular complexity index is 721. The highest BCUT2D eigenvalue weighted by molar-refractivity contribution is 6.29. The first-order valence-electron chi connectivity index (χ1n) is 9.06. The highest BCUT2D eigenvalue weighted by atomic mass is 35.5. The lowest BCUT2D eigenvalue weighted by atomic mass is 9.84. The van der Waals surface area contributed by atoms with Crippen LogP contribution in [0.3, 0.4) is 0 Å². The summed E-state index contributed by atoms with van der Waals surface area (Å²) in [7, 11) is 0. The molecule has 0 radical (unpaired) electrons. The SMILES string of the molecule is N[C@H]1CCCN([C@H]2CCc3ccccc3[C@@H]2Oc2ccc(Cl)nc2)C1. The Labute approximate surface area is 153 Å². The van der Waals surface area contributed by atoms with E-state index in [1.54, 1.807) is 12.3 Å². The number of likely N-dealkylation sites (tertiary alicyclic amines) is 1. The molecule has 5 heteroatoms. The fourth-order valence-electron chi connectivity index (χ4n) is 4.14. The number of hydrogen-bond acceptors (Lipinski definition) is 4. The molecule has 4 nitrogen and oxygen atoms in total. The molecule has 1 fully saturated rings. The molecule has 132 valence electrons. The van der Waals surface area contributed by atoms with E-state index < -0.39 is 0 Å². The van der Waals surface area contributed by atoms with Gasteiger partial charge in [0.1, 0.15) is 17.0 Å². The number of aryl methyl sites for hydroxylation is 1. The Kier molecular flexibility index (Phi) is 4.93. The number of benzene rings is 1. The van der Waals surface area contributed by atoms with Crippen LogP contribution in [0.1, 0.15) is 36.5 Å². The third kappa shape index (κ3) is 3.66. The fraction of sp³-hybridized carbons (Fsp3) is 0.450. The van der Waals surface area contributed by atoms with Gasteiger partial charge in [0.05, 0.1) is 12.2 Å². The third-order valence-corrected chi connectivity index (χ3v) is 5.57. The summed E-state index contributed by atoms with van der Waals surface area (Å²) in [5.41, 5.74) is 8.90. The largest absolute Gasteiger partial charge is 0.482 e. The zero-order valence-electron chi connectivity index (χ0n) is 14.3. The molecular formula is C20H24ClN3O. The van der Waals surface area contributed by atoms with Crippen LogP contribution in [-0.4, -0.2) is 35.1 Å². The van der Waals surface area contributed by atoms with Crippen molar-refractivity contribution in [3.8, 4) is 5.75 Å². The van der Waals surface area contributed by atoms with E-state index in [4.69, 9.17) is 22.1 Å². The topological polar surface area (TPSA) is 51.4 Å². The molecule has 1 aromatic carbocycles. The van der Waals surface area contributed by atoms with Gasteiger partial charge in [0.2, 0.25) is 0 Å². The second-order valence-corrected chi connectivity index (χ2v) is 7.44. The van der Waals surface area contributed by atoms with Gasteiger partial charge in [-0.25, -0.2) is 4.98 Å². The van der Waals surface area contributed by atoms with Gasteiger partial charge < -0.3 is 10.5 Å². The Morgan fingerprint density at radius 2 is 2.04 bits per heavy atom. The highest BCUT2D eigenvalue weighted by Gasteiger charge is 2.36. The third-order valence-electron chi connectivity index (χ3n) is 5.34. The predicted molar refractivity (Wildman–Crippen MR) is 99.9 cm³/mol. The minimum absolute atomic E-state index is 0.00164. The minimum Gasteiger partial charge on any atom is -0.482 e. The molecule has 2 aliphatic rings. The van der Waals surface area contributed by atoms with Gasteiger partial charge in [-0.05, 0) is 55.5 Å². The fourth-order valence-corrected chi connectivity index (χ4v) is 4.25. The zero-order chi connectivity index (χ0) is 17.2. The average Bonchev–Trinajstić information content (AvgIpc) is 2.64. The molecule has 4 rings (SSSR count). The van der Waals surface area contributed by atoms with Crippen molar-refractivity contribution >= 4 is 11.6 Å². The maximum absolute atomic E-state index is 6.43. The quantitative estimate of drug-likeness (QED) is 0.853. The Morgan fingerprint density at radius 3 is 2.84 bits per heavy atom. The van der Waals surface area contributed by atoms with Gasteiger partial charge in [0, 0.05) is 12.6 Å². The van der Waals surface area contributed by atoms with E-state index in [-0.39, 0.29) is 12.1 Å². The molecule has 2 heterocycles. The van der Waals surface area contributed by atoms with Gasteiger partial charge in [-0.3, -0.25) is 4.90 Å². The highest BCUT2D eigenvalue weighted by Crippen LogP contribution is 2.37. The maximum Gasteiger partial charge on any atom is 0.140 e. The van der Waals surface area contributed by atoms with Crippen LogP contribution in [0.4, 0.5) is 0 Å². The van der Waals surface area contributed by atoms with Crippen LogP contribution in [0.25, 0.3) is 0 Å². The molecule has 1 aromatic heterocycles. The number of aromatic nitrogens is 1. The van der Waals surface area contributed by atoms with Crippen LogP contribution in [0.15, 0.2) is 42.6 Å². The van der Waals surface area contributed by atoms with Crippen LogP contribution in [0.2, 0.25) is 5.15 Å². The number of rotatable bonds is 3. The maximum atomic E-state index is 6.43. The molecule has 25 heavy (non-hydrogen) atoms. The van der Waals surface area contributed by atoms with Gasteiger partial charge in [-0.2, -0.15) is 0 Å². The van der Waals surface area contributed by atoms with Gasteiger partial charge >= 0.3 is 0 Å². The van der Waals surface area contributed by atoms with Gasteiger partial charge in [0.15, 0.2) is 0 Å². The van der Waals surface area contributed by atoms with Crippen LogP contribution in [0.5, 0.6) is 5.75 Å². The number of ether oxygens (including phenoxy) is 1. The lowest BCUT2D eigenvalue weighted by Crippen LogP contribution is -2.51. The molecule has 2 N–H and O–H groups in total. The molecule has 0 amide bonds. The van der Waals surface area contributed by atoms with Crippen molar-refractivity contribution < 1.29 is 4.74 Å². The summed E-state index contributed by atoms with van der Waals surface area (Å²) in [6, 6.07) is 12.9. The Morgan fingerprint density at radius 1 is 1.16 bits per heavy atom. The van der Waals surface area contributed by atoms with Crippen molar-refractivity contribution in [3.05, 3.63) is 58.9 Å². The molecule has 0 bridgehead atoms. The first kappa shape index (κ1) is 16.8. The second-order valence-electron chi connectivity index (χ2n) is 7.06. The molecule has 2 aromatic rings. The summed E-state index contributed by atoms with van der Waals surface area (Å²) < 4.78 is 6.43. The van der Waals surface area contributed by atoms with Crippen molar-refractivity contribution in [2.75, 3.05) is 13.1 Å². The van der Waals surface area contributed by atoms with E-state index in [0.29, 0.717) is 11.2 Å². The number of halogens is 1. The van der Waals surface area contributed by atoms with E-state index in [9.17, 15) is 0 Å². The van der Waals surface area contributed by atoms with Crippen molar-refractivity contribution in [2.45, 2.75) is 43.9 Å². The van der Waals surface area contributed by atoms with Gasteiger partial charge in [-0.15, -0.1) is 0 Å². The number of nitrogens with zero attached hydrogens (tertiary/aromatic N) is 2. The smallest absolute Gasteiger partial charge is 0.140 e. The Balaban J connectivity index is 1.64. The van der Waals surface area contributed by atoms with Crippen molar-refractivity contribution in [2.24, 2.45) is 5.73 Å². The summed E-state index contributed by atoms with van der Waals surface area (Å²) in [4.78, 5) is 6.68.